The summed E-state index contributed by atoms with van der Waals surface area (Å²) >= 11 is 0.469. The normalized spacial score (nSPS) is 19.0. The number of hydrogen-bond donors (Lipinski definition) is 1. The molecule has 0 unspecified atom stereocenters. The standard InChI is InChI=1S/C22H25F3N6OS/c1-13-6-7-16(15-10-27-30(3)12-15)17(9-13)19(32)31-8-4-5-14(2)18(31)11-26-21-29-28-20(33-21)22(23,24)25/h6-7,9-10,12,14,18H,4-5,8,11H2,1-3H3,(H,26,29)/t14-,18-/m1/s1. The van der Waals surface area contributed by atoms with E-state index in [4.69, 9.17) is 0 Å². The number of anilines is 1. The van der Waals surface area contributed by atoms with Gasteiger partial charge in [-0.2, -0.15) is 18.3 Å². The molecule has 1 amide bonds. The number of aryl methyl sites for hydroxylation is 2. The fourth-order valence-corrected chi connectivity index (χ4v) is 4.83. The molecule has 1 saturated heterocycles. The van der Waals surface area contributed by atoms with Crippen molar-refractivity contribution in [2.45, 2.75) is 38.9 Å². The molecule has 11 heteroatoms. The quantitative estimate of drug-likeness (QED) is 0.579. The number of benzene rings is 1. The Kier molecular flexibility index (Phi) is 6.42. The molecule has 4 rings (SSSR count). The van der Waals surface area contributed by atoms with E-state index in [1.807, 2.05) is 43.3 Å². The second-order valence-corrected chi connectivity index (χ2v) is 9.41. The van der Waals surface area contributed by atoms with Crippen LogP contribution in [0.25, 0.3) is 11.1 Å². The molecule has 2 atom stereocenters. The summed E-state index contributed by atoms with van der Waals surface area (Å²) in [7, 11) is 1.82. The number of carbonyl (C=O) groups is 1. The average molecular weight is 479 g/mol. The van der Waals surface area contributed by atoms with Crippen LogP contribution in [0.3, 0.4) is 0 Å². The third-order valence-electron chi connectivity index (χ3n) is 5.93. The van der Waals surface area contributed by atoms with Gasteiger partial charge in [-0.15, -0.1) is 10.2 Å². The Bertz CT molecular complexity index is 1140. The van der Waals surface area contributed by atoms with Gasteiger partial charge in [-0.05, 0) is 37.3 Å². The van der Waals surface area contributed by atoms with Crippen LogP contribution in [0.2, 0.25) is 0 Å². The van der Waals surface area contributed by atoms with Gasteiger partial charge < -0.3 is 10.2 Å². The van der Waals surface area contributed by atoms with Gasteiger partial charge >= 0.3 is 6.18 Å². The van der Waals surface area contributed by atoms with Crippen molar-refractivity contribution in [2.75, 3.05) is 18.4 Å². The summed E-state index contributed by atoms with van der Waals surface area (Å²) in [5.74, 6) is 0.0843. The van der Waals surface area contributed by atoms with E-state index in [9.17, 15) is 18.0 Å². The van der Waals surface area contributed by atoms with Gasteiger partial charge in [0.15, 0.2) is 0 Å². The summed E-state index contributed by atoms with van der Waals surface area (Å²) < 4.78 is 40.2. The molecule has 0 radical (unpaired) electrons. The van der Waals surface area contributed by atoms with E-state index < -0.39 is 11.2 Å². The predicted octanol–water partition coefficient (Wildman–Crippen LogP) is 4.62. The summed E-state index contributed by atoms with van der Waals surface area (Å²) in [6.07, 6.45) is 0.878. The molecular formula is C22H25F3N6OS. The summed E-state index contributed by atoms with van der Waals surface area (Å²) in [6.45, 7) is 4.88. The summed E-state index contributed by atoms with van der Waals surface area (Å²) in [5, 5.41) is 13.1. The van der Waals surface area contributed by atoms with E-state index in [1.54, 1.807) is 10.9 Å². The third kappa shape index (κ3) is 5.02. The highest BCUT2D eigenvalue weighted by Gasteiger charge is 2.36. The van der Waals surface area contributed by atoms with Crippen molar-refractivity contribution in [2.24, 2.45) is 13.0 Å². The molecule has 3 aromatic rings. The number of nitrogens with zero attached hydrogens (tertiary/aromatic N) is 5. The monoisotopic (exact) mass is 478 g/mol. The lowest BCUT2D eigenvalue weighted by molar-refractivity contribution is -0.138. The average Bonchev–Trinajstić information content (AvgIpc) is 3.41. The van der Waals surface area contributed by atoms with E-state index in [-0.39, 0.29) is 23.0 Å². The Hall–Kier alpha value is -2.95. The van der Waals surface area contributed by atoms with Crippen LogP contribution >= 0.6 is 11.3 Å². The Morgan fingerprint density at radius 2 is 2.09 bits per heavy atom. The first-order valence-corrected chi connectivity index (χ1v) is 11.5. The van der Waals surface area contributed by atoms with Crippen molar-refractivity contribution < 1.29 is 18.0 Å². The van der Waals surface area contributed by atoms with Crippen LogP contribution in [0.1, 0.15) is 40.7 Å². The fraction of sp³-hybridized carbons (Fsp3) is 0.455. The molecule has 2 aromatic heterocycles. The van der Waals surface area contributed by atoms with Crippen LogP contribution in [-0.2, 0) is 13.2 Å². The third-order valence-corrected chi connectivity index (χ3v) is 6.85. The van der Waals surface area contributed by atoms with Crippen LogP contribution in [0, 0.1) is 12.8 Å². The van der Waals surface area contributed by atoms with Gasteiger partial charge in [0.2, 0.25) is 10.1 Å². The maximum atomic E-state index is 13.8. The largest absolute Gasteiger partial charge is 0.445 e. The van der Waals surface area contributed by atoms with E-state index in [0.717, 1.165) is 29.5 Å². The van der Waals surface area contributed by atoms with E-state index >= 15 is 0 Å². The minimum absolute atomic E-state index is 0.0934. The maximum absolute atomic E-state index is 13.8. The molecular weight excluding hydrogens is 453 g/mol. The summed E-state index contributed by atoms with van der Waals surface area (Å²) in [6, 6.07) is 5.59. The Labute approximate surface area is 193 Å². The Morgan fingerprint density at radius 3 is 2.76 bits per heavy atom. The fourth-order valence-electron chi connectivity index (χ4n) is 4.22. The van der Waals surface area contributed by atoms with Gasteiger partial charge in [-0.25, -0.2) is 0 Å². The SMILES string of the molecule is Cc1ccc(-c2cnn(C)c2)c(C(=O)N2CCC[C@@H](C)[C@H]2CNc2nnc(C(F)(F)F)s2)c1. The number of likely N-dealkylation sites (tertiary alicyclic amines) is 1. The Balaban J connectivity index is 1.58. The first-order chi connectivity index (χ1) is 15.6. The minimum atomic E-state index is -4.52. The van der Waals surface area contributed by atoms with Gasteiger partial charge in [0.05, 0.1) is 12.2 Å². The molecule has 1 aromatic carbocycles. The van der Waals surface area contributed by atoms with Crippen LogP contribution < -0.4 is 5.32 Å². The highest BCUT2D eigenvalue weighted by molar-refractivity contribution is 7.15. The van der Waals surface area contributed by atoms with Gasteiger partial charge in [0.25, 0.3) is 5.91 Å². The van der Waals surface area contributed by atoms with E-state index in [2.05, 4.69) is 27.5 Å². The molecule has 176 valence electrons. The molecule has 1 aliphatic rings. The highest BCUT2D eigenvalue weighted by atomic mass is 32.1. The minimum Gasteiger partial charge on any atom is -0.358 e. The first kappa shape index (κ1) is 23.2. The van der Waals surface area contributed by atoms with Crippen molar-refractivity contribution in [1.82, 2.24) is 24.9 Å². The van der Waals surface area contributed by atoms with Gasteiger partial charge in [-0.1, -0.05) is 36.0 Å². The molecule has 0 aliphatic carbocycles. The van der Waals surface area contributed by atoms with E-state index in [1.165, 1.54) is 0 Å². The molecule has 33 heavy (non-hydrogen) atoms. The molecule has 0 spiro atoms. The zero-order valence-electron chi connectivity index (χ0n) is 18.6. The smallest absolute Gasteiger partial charge is 0.358 e. The van der Waals surface area contributed by atoms with Crippen LogP contribution in [0.5, 0.6) is 0 Å². The number of hydrogen-bond acceptors (Lipinski definition) is 6. The summed E-state index contributed by atoms with van der Waals surface area (Å²) in [5.41, 5.74) is 3.23. The number of rotatable bonds is 5. The number of halogens is 3. The highest BCUT2D eigenvalue weighted by Crippen LogP contribution is 2.34. The first-order valence-electron chi connectivity index (χ1n) is 10.7. The van der Waals surface area contributed by atoms with Gasteiger partial charge in [-0.3, -0.25) is 9.48 Å². The number of carbonyl (C=O) groups excluding carboxylic acids is 1. The van der Waals surface area contributed by atoms with Crippen LogP contribution in [-0.4, -0.2) is 49.9 Å². The molecule has 1 fully saturated rings. The molecule has 1 N–H and O–H groups in total. The maximum Gasteiger partial charge on any atom is 0.445 e. The van der Waals surface area contributed by atoms with E-state index in [0.29, 0.717) is 30.0 Å². The molecule has 0 bridgehead atoms. The number of amides is 1. The molecule has 3 heterocycles. The zero-order valence-corrected chi connectivity index (χ0v) is 19.4. The number of aromatic nitrogens is 4. The van der Waals surface area contributed by atoms with Crippen molar-refractivity contribution in [1.29, 1.82) is 0 Å². The van der Waals surface area contributed by atoms with Crippen molar-refractivity contribution in [3.05, 3.63) is 46.7 Å². The van der Waals surface area contributed by atoms with Crippen molar-refractivity contribution >= 4 is 22.4 Å². The number of piperidine rings is 1. The predicted molar refractivity (Wildman–Crippen MR) is 120 cm³/mol. The lowest BCUT2D eigenvalue weighted by atomic mass is 9.89. The van der Waals surface area contributed by atoms with Crippen molar-refractivity contribution in [3.8, 4) is 11.1 Å². The van der Waals surface area contributed by atoms with Gasteiger partial charge in [0.1, 0.15) is 0 Å². The molecule has 7 nitrogen and oxygen atoms in total. The summed E-state index contributed by atoms with van der Waals surface area (Å²) in [4.78, 5) is 15.6. The van der Waals surface area contributed by atoms with Gasteiger partial charge in [0, 0.05) is 37.5 Å². The number of nitrogens with one attached hydrogen (secondary N) is 1. The lowest BCUT2D eigenvalue weighted by Crippen LogP contribution is -2.51. The van der Waals surface area contributed by atoms with Crippen LogP contribution in [0.4, 0.5) is 18.3 Å². The second-order valence-electron chi connectivity index (χ2n) is 8.43. The van der Waals surface area contributed by atoms with Crippen LogP contribution in [0.15, 0.2) is 30.6 Å². The number of alkyl halides is 3. The molecule has 0 saturated carbocycles. The lowest BCUT2D eigenvalue weighted by Gasteiger charge is -2.40. The topological polar surface area (TPSA) is 75.9 Å². The molecule has 1 aliphatic heterocycles. The zero-order chi connectivity index (χ0) is 23.8. The Morgan fingerprint density at radius 1 is 1.30 bits per heavy atom. The second kappa shape index (κ2) is 9.12. The van der Waals surface area contributed by atoms with Crippen molar-refractivity contribution in [3.63, 3.8) is 0 Å².